The molecule has 2 atom stereocenters. The van der Waals surface area contributed by atoms with Gasteiger partial charge in [0.1, 0.15) is 0 Å². The van der Waals surface area contributed by atoms with Gasteiger partial charge in [-0.05, 0) is 54.5 Å². The average Bonchev–Trinajstić information content (AvgIpc) is 3.23. The maximum atomic E-state index is 12.3. The zero-order valence-electron chi connectivity index (χ0n) is 16.1. The highest BCUT2D eigenvalue weighted by Crippen LogP contribution is 2.46. The summed E-state index contributed by atoms with van der Waals surface area (Å²) in [5, 5.41) is 7.68. The number of imide groups is 1. The summed E-state index contributed by atoms with van der Waals surface area (Å²) >= 11 is 8.10. The van der Waals surface area contributed by atoms with Gasteiger partial charge in [-0.1, -0.05) is 30.3 Å². The molecule has 4 heterocycles. The summed E-state index contributed by atoms with van der Waals surface area (Å²) in [5.41, 5.74) is 4.69. The molecule has 0 aliphatic carbocycles. The van der Waals surface area contributed by atoms with E-state index in [1.807, 2.05) is 19.2 Å². The summed E-state index contributed by atoms with van der Waals surface area (Å²) in [4.78, 5) is 28.1. The molecular formula is C22H22ClN3O2S. The number of carbonyl (C=O) groups is 2. The lowest BCUT2D eigenvalue weighted by atomic mass is 9.93. The number of thioether (sulfide) groups is 1. The van der Waals surface area contributed by atoms with Crippen LogP contribution in [0.25, 0.3) is 5.57 Å². The van der Waals surface area contributed by atoms with Crippen molar-refractivity contribution in [3.63, 3.8) is 0 Å². The van der Waals surface area contributed by atoms with E-state index >= 15 is 0 Å². The van der Waals surface area contributed by atoms with Crippen molar-refractivity contribution in [3.05, 3.63) is 56.4 Å². The lowest BCUT2D eigenvalue weighted by molar-refractivity contribution is -0.138. The van der Waals surface area contributed by atoms with E-state index in [-0.39, 0.29) is 23.8 Å². The van der Waals surface area contributed by atoms with Gasteiger partial charge in [-0.15, -0.1) is 0 Å². The second-order valence-corrected chi connectivity index (χ2v) is 9.54. The Balaban J connectivity index is 1.47. The monoisotopic (exact) mass is 427 g/mol. The number of anilines is 1. The van der Waals surface area contributed by atoms with Crippen LogP contribution < -0.4 is 10.6 Å². The van der Waals surface area contributed by atoms with Crippen LogP contribution in [-0.4, -0.2) is 35.8 Å². The van der Waals surface area contributed by atoms with Crippen LogP contribution >= 0.6 is 23.4 Å². The Morgan fingerprint density at radius 1 is 1.31 bits per heavy atom. The summed E-state index contributed by atoms with van der Waals surface area (Å²) in [7, 11) is 0. The van der Waals surface area contributed by atoms with Crippen LogP contribution in [0.1, 0.15) is 30.9 Å². The largest absolute Gasteiger partial charge is 0.384 e. The van der Waals surface area contributed by atoms with Crippen LogP contribution in [0, 0.1) is 5.92 Å². The van der Waals surface area contributed by atoms with Crippen molar-refractivity contribution in [1.82, 2.24) is 10.2 Å². The predicted octanol–water partition coefficient (Wildman–Crippen LogP) is 3.92. The van der Waals surface area contributed by atoms with E-state index in [0.29, 0.717) is 13.0 Å². The van der Waals surface area contributed by atoms with Gasteiger partial charge < -0.3 is 10.6 Å². The molecule has 1 fully saturated rings. The topological polar surface area (TPSA) is 61.4 Å². The number of dihydropyridines is 1. The smallest absolute Gasteiger partial charge is 0.232 e. The van der Waals surface area contributed by atoms with Crippen LogP contribution in [-0.2, 0) is 16.0 Å². The third-order valence-corrected chi connectivity index (χ3v) is 7.29. The second kappa shape index (κ2) is 7.26. The minimum Gasteiger partial charge on any atom is -0.384 e. The van der Waals surface area contributed by atoms with Gasteiger partial charge in [-0.3, -0.25) is 14.5 Å². The van der Waals surface area contributed by atoms with Crippen molar-refractivity contribution in [1.29, 1.82) is 0 Å². The number of nitrogens with zero attached hydrogens (tertiary/aromatic N) is 1. The van der Waals surface area contributed by atoms with Crippen molar-refractivity contribution in [2.24, 2.45) is 5.92 Å². The Labute approximate surface area is 179 Å². The maximum Gasteiger partial charge on any atom is 0.232 e. The summed E-state index contributed by atoms with van der Waals surface area (Å²) in [6.45, 7) is 3.13. The number of benzene rings is 1. The highest BCUT2D eigenvalue weighted by molar-refractivity contribution is 8.07. The van der Waals surface area contributed by atoms with Crippen molar-refractivity contribution in [3.8, 4) is 0 Å². The minimum atomic E-state index is -0.213. The van der Waals surface area contributed by atoms with Crippen LogP contribution in [0.2, 0.25) is 5.02 Å². The summed E-state index contributed by atoms with van der Waals surface area (Å²) in [5.74, 6) is -0.359. The number of nitrogens with one attached hydrogen (secondary N) is 2. The Kier molecular flexibility index (Phi) is 4.71. The lowest BCUT2D eigenvalue weighted by Crippen LogP contribution is -2.31. The molecule has 0 aromatic heterocycles. The first-order valence-electron chi connectivity index (χ1n) is 9.97. The molecule has 7 heteroatoms. The van der Waals surface area contributed by atoms with Gasteiger partial charge in [0.25, 0.3) is 0 Å². The highest BCUT2D eigenvalue weighted by Gasteiger charge is 2.37. The molecule has 29 heavy (non-hydrogen) atoms. The summed E-state index contributed by atoms with van der Waals surface area (Å²) < 4.78 is 0. The van der Waals surface area contributed by atoms with Crippen molar-refractivity contribution in [2.75, 3.05) is 18.4 Å². The fourth-order valence-electron chi connectivity index (χ4n) is 4.42. The van der Waals surface area contributed by atoms with Crippen LogP contribution in [0.15, 0.2) is 40.3 Å². The van der Waals surface area contributed by atoms with Crippen molar-refractivity contribution in [2.45, 2.75) is 32.2 Å². The summed E-state index contributed by atoms with van der Waals surface area (Å²) in [6, 6.07) is 4.14. The van der Waals surface area contributed by atoms with Gasteiger partial charge in [-0.2, -0.15) is 0 Å². The Bertz CT molecular complexity index is 1010. The van der Waals surface area contributed by atoms with Gasteiger partial charge in [-0.25, -0.2) is 0 Å². The number of fused-ring (bicyclic) bond motifs is 2. The van der Waals surface area contributed by atoms with E-state index in [1.54, 1.807) is 11.8 Å². The Morgan fingerprint density at radius 3 is 2.97 bits per heavy atom. The maximum absolute atomic E-state index is 12.3. The van der Waals surface area contributed by atoms with Gasteiger partial charge >= 0.3 is 0 Å². The molecule has 0 saturated carbocycles. The van der Waals surface area contributed by atoms with Gasteiger partial charge in [0, 0.05) is 45.0 Å². The molecular weight excluding hydrogens is 406 g/mol. The van der Waals surface area contributed by atoms with Gasteiger partial charge in [0.05, 0.1) is 12.6 Å². The Morgan fingerprint density at radius 2 is 2.17 bits per heavy atom. The SMILES string of the molecule is CC1CC(=O)N(CC2=CC3NC=CC(c4cc(Cl)cc5c4NCCC5)=C3S2)C1=O. The first-order chi connectivity index (χ1) is 14.0. The third-order valence-electron chi connectivity index (χ3n) is 5.85. The van der Waals surface area contributed by atoms with Crippen LogP contribution in [0.5, 0.6) is 0 Å². The van der Waals surface area contributed by atoms with E-state index < -0.39 is 0 Å². The quantitative estimate of drug-likeness (QED) is 0.716. The van der Waals surface area contributed by atoms with E-state index in [4.69, 9.17) is 11.6 Å². The second-order valence-electron chi connectivity index (χ2n) is 7.93. The normalized spacial score (nSPS) is 25.6. The number of hydrogen-bond acceptors (Lipinski definition) is 5. The van der Waals surface area contributed by atoms with E-state index in [1.165, 1.54) is 21.1 Å². The predicted molar refractivity (Wildman–Crippen MR) is 117 cm³/mol. The van der Waals surface area contributed by atoms with Gasteiger partial charge in [0.2, 0.25) is 11.8 Å². The van der Waals surface area contributed by atoms with Crippen molar-refractivity contribution < 1.29 is 9.59 Å². The molecule has 4 aliphatic rings. The number of halogens is 1. The first-order valence-corrected chi connectivity index (χ1v) is 11.2. The number of rotatable bonds is 3. The molecule has 1 saturated heterocycles. The van der Waals surface area contributed by atoms with Crippen molar-refractivity contribution >= 4 is 46.4 Å². The molecule has 2 unspecified atom stereocenters. The van der Waals surface area contributed by atoms with E-state index in [0.717, 1.165) is 40.5 Å². The fraction of sp³-hybridized carbons (Fsp3) is 0.364. The molecule has 5 nitrogen and oxygen atoms in total. The van der Waals surface area contributed by atoms with Crippen LogP contribution in [0.3, 0.4) is 0 Å². The standard InChI is InChI=1S/C22H22ClN3O2S/c1-12-7-19(27)26(22(12)28)11-15-10-18-21(29-15)16(4-6-24-18)17-9-14(23)8-13-3-2-5-25-20(13)17/h4,6,8-10,12,18,24-25H,2-3,5,7,11H2,1H3. The molecule has 4 aliphatic heterocycles. The molecule has 1 aromatic rings. The number of likely N-dealkylation sites (tertiary alicyclic amines) is 1. The molecule has 1 aromatic carbocycles. The molecule has 2 amide bonds. The number of aryl methyl sites for hydroxylation is 1. The molecule has 0 radical (unpaired) electrons. The number of amides is 2. The van der Waals surface area contributed by atoms with Crippen LogP contribution in [0.4, 0.5) is 5.69 Å². The first kappa shape index (κ1) is 18.8. The number of hydrogen-bond donors (Lipinski definition) is 2. The number of allylic oxidation sites excluding steroid dienone is 2. The fourth-order valence-corrected chi connectivity index (χ4v) is 5.89. The van der Waals surface area contributed by atoms with Gasteiger partial charge in [0.15, 0.2) is 0 Å². The Hall–Kier alpha value is -2.18. The highest BCUT2D eigenvalue weighted by atomic mass is 35.5. The average molecular weight is 428 g/mol. The minimum absolute atomic E-state index is 0.0541. The molecule has 2 N–H and O–H groups in total. The lowest BCUT2D eigenvalue weighted by Gasteiger charge is -2.26. The zero-order chi connectivity index (χ0) is 20.1. The molecule has 5 rings (SSSR count). The zero-order valence-corrected chi connectivity index (χ0v) is 17.7. The molecule has 150 valence electrons. The third kappa shape index (κ3) is 3.28. The van der Waals surface area contributed by atoms with E-state index in [2.05, 4.69) is 28.9 Å². The number of carbonyl (C=O) groups excluding carboxylic acids is 2. The molecule has 0 spiro atoms. The molecule has 0 bridgehead atoms. The van der Waals surface area contributed by atoms with E-state index in [9.17, 15) is 9.59 Å². The summed E-state index contributed by atoms with van der Waals surface area (Å²) in [6.07, 6.45) is 8.62.